The number of benzene rings is 6. The molecule has 0 aliphatic rings. The van der Waals surface area contributed by atoms with Crippen LogP contribution in [-0.2, 0) is 16.0 Å². The molecule has 10 nitrogen and oxygen atoms in total. The maximum absolute atomic E-state index is 11.8. The molecule has 0 aliphatic heterocycles. The van der Waals surface area contributed by atoms with Gasteiger partial charge in [0.25, 0.3) is 0 Å². The van der Waals surface area contributed by atoms with E-state index in [1.807, 2.05) is 128 Å². The Kier molecular flexibility index (Phi) is 12.7. The molecule has 0 aliphatic carbocycles. The van der Waals surface area contributed by atoms with Gasteiger partial charge in [0.2, 0.25) is 0 Å². The number of aliphatic carboxylic acids is 2. The van der Waals surface area contributed by atoms with Gasteiger partial charge in [0.15, 0.2) is 13.2 Å². The van der Waals surface area contributed by atoms with Crippen LogP contribution in [-0.4, -0.2) is 55.8 Å². The number of phenolic OH excluding ortho intramolecular Hbond substituents is 4. The SMILES string of the molecule is Cc1cc(C(c2cc(C)c(O)c(C)c2)c2cc(Cc3ccc(OCC(=O)O)c(C(c4cc(C)c(O)c(C)c4)c4cc(C)c(O)c(C)c4)c3)ccc2OCC(=O)O)cc(C)c1O. The standard InChI is InChI=1S/C51H52O10/c1-26-13-36(14-27(2)48(26)56)46(37-15-28(3)49(57)29(4)16-37)40-22-34(9-11-42(40)60-24-44(52)53)21-35-10-12-43(61-25-45(54)55)41(23-35)47(38-17-30(5)50(58)31(6)18-38)39-19-32(7)51(59)33(8)20-39/h9-20,22-23,46-47,56-59H,21,24-25H2,1-8H3,(H,52,53)(H,54,55). The summed E-state index contributed by atoms with van der Waals surface area (Å²) in [5.74, 6) is -1.85. The van der Waals surface area contributed by atoms with E-state index < -0.39 is 37.0 Å². The Bertz CT molecular complexity index is 2290. The van der Waals surface area contributed by atoms with Gasteiger partial charge in [-0.1, -0.05) is 72.8 Å². The summed E-state index contributed by atoms with van der Waals surface area (Å²) in [6, 6.07) is 26.5. The van der Waals surface area contributed by atoms with Crippen molar-refractivity contribution in [2.45, 2.75) is 73.6 Å². The number of carbonyl (C=O) groups is 2. The van der Waals surface area contributed by atoms with Crippen molar-refractivity contribution in [2.24, 2.45) is 0 Å². The number of aromatic hydroxyl groups is 4. The van der Waals surface area contributed by atoms with Crippen LogP contribution < -0.4 is 9.47 Å². The van der Waals surface area contributed by atoms with E-state index in [0.717, 1.165) is 33.4 Å². The van der Waals surface area contributed by atoms with Crippen molar-refractivity contribution >= 4 is 11.9 Å². The van der Waals surface area contributed by atoms with Crippen molar-refractivity contribution in [3.05, 3.63) is 174 Å². The third-order valence-electron chi connectivity index (χ3n) is 11.3. The topological polar surface area (TPSA) is 174 Å². The molecule has 6 aromatic carbocycles. The molecule has 10 heteroatoms. The van der Waals surface area contributed by atoms with Crippen molar-refractivity contribution in [3.8, 4) is 34.5 Å². The predicted molar refractivity (Wildman–Crippen MR) is 234 cm³/mol. The number of phenols is 4. The molecule has 0 heterocycles. The highest BCUT2D eigenvalue weighted by Crippen LogP contribution is 2.44. The molecule has 0 saturated carbocycles. The molecule has 0 saturated heterocycles. The van der Waals surface area contributed by atoms with Gasteiger partial charge in [0, 0.05) is 23.0 Å². The van der Waals surface area contributed by atoms with E-state index in [1.54, 1.807) is 12.1 Å². The van der Waals surface area contributed by atoms with Crippen molar-refractivity contribution < 1.29 is 49.7 Å². The summed E-state index contributed by atoms with van der Waals surface area (Å²) < 4.78 is 11.9. The first-order chi connectivity index (χ1) is 28.8. The van der Waals surface area contributed by atoms with Crippen LogP contribution in [0, 0.1) is 55.4 Å². The zero-order valence-electron chi connectivity index (χ0n) is 35.7. The Balaban J connectivity index is 1.56. The lowest BCUT2D eigenvalue weighted by Crippen LogP contribution is -2.14. The van der Waals surface area contributed by atoms with Crippen LogP contribution in [0.2, 0.25) is 0 Å². The van der Waals surface area contributed by atoms with E-state index in [4.69, 9.17) is 9.47 Å². The zero-order valence-corrected chi connectivity index (χ0v) is 35.7. The van der Waals surface area contributed by atoms with Gasteiger partial charge >= 0.3 is 11.9 Å². The van der Waals surface area contributed by atoms with Gasteiger partial charge in [0.1, 0.15) is 34.5 Å². The fraction of sp³-hybridized carbons (Fsp3) is 0.255. The van der Waals surface area contributed by atoms with Gasteiger partial charge < -0.3 is 40.1 Å². The number of carboxylic acids is 2. The zero-order chi connectivity index (χ0) is 44.4. The van der Waals surface area contributed by atoms with Gasteiger partial charge in [-0.15, -0.1) is 0 Å². The number of hydrogen-bond acceptors (Lipinski definition) is 8. The summed E-state index contributed by atoms with van der Waals surface area (Å²) in [6.45, 7) is 13.4. The summed E-state index contributed by atoms with van der Waals surface area (Å²) in [7, 11) is 0. The predicted octanol–water partition coefficient (Wildman–Crippen LogP) is 9.85. The van der Waals surface area contributed by atoms with Gasteiger partial charge in [0.05, 0.1) is 0 Å². The minimum absolute atomic E-state index is 0.178. The van der Waals surface area contributed by atoms with Crippen molar-refractivity contribution in [1.29, 1.82) is 0 Å². The third kappa shape index (κ3) is 9.44. The molecule has 316 valence electrons. The minimum Gasteiger partial charge on any atom is -0.507 e. The van der Waals surface area contributed by atoms with Crippen molar-refractivity contribution in [1.82, 2.24) is 0 Å². The molecule has 0 aromatic heterocycles. The first kappa shape index (κ1) is 43.6. The number of ether oxygens (including phenoxy) is 2. The van der Waals surface area contributed by atoms with Crippen LogP contribution in [0.3, 0.4) is 0 Å². The van der Waals surface area contributed by atoms with Gasteiger partial charge in [-0.25, -0.2) is 9.59 Å². The Morgan fingerprint density at radius 2 is 0.672 bits per heavy atom. The Hall–Kier alpha value is -6.94. The Morgan fingerprint density at radius 1 is 0.426 bits per heavy atom. The monoisotopic (exact) mass is 824 g/mol. The second kappa shape index (κ2) is 17.7. The number of aryl methyl sites for hydroxylation is 8. The first-order valence-electron chi connectivity index (χ1n) is 20.0. The fourth-order valence-corrected chi connectivity index (χ4v) is 8.37. The van der Waals surface area contributed by atoms with Gasteiger partial charge in [-0.2, -0.15) is 0 Å². The highest BCUT2D eigenvalue weighted by Gasteiger charge is 2.27. The van der Waals surface area contributed by atoms with E-state index in [0.29, 0.717) is 73.6 Å². The van der Waals surface area contributed by atoms with E-state index in [-0.39, 0.29) is 23.0 Å². The molecule has 0 atom stereocenters. The molecule has 0 unspecified atom stereocenters. The third-order valence-corrected chi connectivity index (χ3v) is 11.3. The average Bonchev–Trinajstić information content (AvgIpc) is 3.19. The van der Waals surface area contributed by atoms with Crippen molar-refractivity contribution in [3.63, 3.8) is 0 Å². The summed E-state index contributed by atoms with van der Waals surface area (Å²) >= 11 is 0. The van der Waals surface area contributed by atoms with Crippen LogP contribution in [0.5, 0.6) is 34.5 Å². The largest absolute Gasteiger partial charge is 0.507 e. The maximum atomic E-state index is 11.8. The maximum Gasteiger partial charge on any atom is 0.341 e. The van der Waals surface area contributed by atoms with E-state index in [2.05, 4.69) is 0 Å². The van der Waals surface area contributed by atoms with Crippen LogP contribution in [0.25, 0.3) is 0 Å². The van der Waals surface area contributed by atoms with Crippen LogP contribution in [0.1, 0.15) is 101 Å². The van der Waals surface area contributed by atoms with Crippen LogP contribution in [0.4, 0.5) is 0 Å². The first-order valence-corrected chi connectivity index (χ1v) is 20.0. The van der Waals surface area contributed by atoms with Gasteiger partial charge in [-0.05, 0) is 152 Å². The normalized spacial score (nSPS) is 11.3. The lowest BCUT2D eigenvalue weighted by molar-refractivity contribution is -0.140. The van der Waals surface area contributed by atoms with E-state index in [9.17, 15) is 40.2 Å². The molecule has 61 heavy (non-hydrogen) atoms. The second-order valence-corrected chi connectivity index (χ2v) is 16.2. The lowest BCUT2D eigenvalue weighted by Gasteiger charge is -2.25. The van der Waals surface area contributed by atoms with E-state index in [1.165, 1.54) is 0 Å². The van der Waals surface area contributed by atoms with E-state index >= 15 is 0 Å². The molecule has 0 amide bonds. The lowest BCUT2D eigenvalue weighted by atomic mass is 9.80. The highest BCUT2D eigenvalue weighted by molar-refractivity contribution is 5.69. The molecular formula is C51H52O10. The summed E-state index contributed by atoms with van der Waals surface area (Å²) in [6.07, 6.45) is 0.389. The molecule has 0 fully saturated rings. The molecule has 0 radical (unpaired) electrons. The molecule has 0 spiro atoms. The van der Waals surface area contributed by atoms with Crippen molar-refractivity contribution in [2.75, 3.05) is 13.2 Å². The molecule has 6 rings (SSSR count). The van der Waals surface area contributed by atoms with Crippen LogP contribution in [0.15, 0.2) is 84.9 Å². The summed E-state index contributed by atoms with van der Waals surface area (Å²) in [4.78, 5) is 23.6. The Morgan fingerprint density at radius 3 is 0.902 bits per heavy atom. The second-order valence-electron chi connectivity index (χ2n) is 16.2. The summed E-state index contributed by atoms with van der Waals surface area (Å²) in [5.41, 5.74) is 11.7. The molecular weight excluding hydrogens is 773 g/mol. The Labute approximate surface area is 356 Å². The van der Waals surface area contributed by atoms with Gasteiger partial charge in [-0.3, -0.25) is 0 Å². The fourth-order valence-electron chi connectivity index (χ4n) is 8.37. The number of carboxylic acid groups (broad SMARTS) is 2. The smallest absolute Gasteiger partial charge is 0.341 e. The molecule has 6 aromatic rings. The molecule has 0 bridgehead atoms. The number of hydrogen-bond donors (Lipinski definition) is 6. The number of rotatable bonds is 14. The minimum atomic E-state index is -1.13. The van der Waals surface area contributed by atoms with Crippen LogP contribution >= 0.6 is 0 Å². The average molecular weight is 825 g/mol. The highest BCUT2D eigenvalue weighted by atomic mass is 16.5. The quantitative estimate of drug-likeness (QED) is 0.0581. The summed E-state index contributed by atoms with van der Waals surface area (Å²) in [5, 5.41) is 62.4. The molecule has 6 N–H and O–H groups in total.